The zero-order valence-corrected chi connectivity index (χ0v) is 13.7. The Hall–Kier alpha value is -1.14. The number of methoxy groups -OCH3 is 1. The molecule has 1 aromatic rings. The summed E-state index contributed by atoms with van der Waals surface area (Å²) in [6.45, 7) is 0.936. The summed E-state index contributed by atoms with van der Waals surface area (Å²) < 4.78 is 4.95. The van der Waals surface area contributed by atoms with Gasteiger partial charge in [0.1, 0.15) is 6.04 Å². The lowest BCUT2D eigenvalue weighted by atomic mass is 10.0. The molecule has 0 radical (unpaired) electrons. The van der Waals surface area contributed by atoms with E-state index in [9.17, 15) is 9.90 Å². The SMILES string of the molecule is COCC(N)C(=O)N1CCCC1CC(O)c1ccccc1.Cl. The zero-order chi connectivity index (χ0) is 15.2. The minimum Gasteiger partial charge on any atom is -0.388 e. The molecule has 0 spiro atoms. The summed E-state index contributed by atoms with van der Waals surface area (Å²) in [5.41, 5.74) is 6.72. The number of nitrogens with zero attached hydrogens (tertiary/aromatic N) is 1. The molecule has 3 atom stereocenters. The summed E-state index contributed by atoms with van der Waals surface area (Å²) in [6.07, 6.45) is 1.87. The standard InChI is InChI=1S/C16H24N2O3.ClH/c1-21-11-14(17)16(20)18-9-5-8-13(18)10-15(19)12-6-3-2-4-7-12;/h2-4,6-7,13-15,19H,5,8-11,17H2,1H3;1H. The molecule has 22 heavy (non-hydrogen) atoms. The second kappa shape index (κ2) is 9.10. The predicted octanol–water partition coefficient (Wildman–Crippen LogP) is 1.50. The van der Waals surface area contributed by atoms with E-state index in [0.717, 1.165) is 18.4 Å². The third kappa shape index (κ3) is 4.68. The fourth-order valence-electron chi connectivity index (χ4n) is 2.90. The molecular weight excluding hydrogens is 304 g/mol. The average Bonchev–Trinajstić information content (AvgIpc) is 2.95. The third-order valence-electron chi connectivity index (χ3n) is 4.00. The number of hydrogen-bond donors (Lipinski definition) is 2. The smallest absolute Gasteiger partial charge is 0.242 e. The first-order chi connectivity index (χ1) is 10.1. The number of amides is 1. The lowest BCUT2D eigenvalue weighted by molar-refractivity contribution is -0.135. The molecule has 3 unspecified atom stereocenters. The van der Waals surface area contributed by atoms with E-state index >= 15 is 0 Å². The van der Waals surface area contributed by atoms with E-state index in [1.807, 2.05) is 30.3 Å². The highest BCUT2D eigenvalue weighted by molar-refractivity contribution is 5.85. The van der Waals surface area contributed by atoms with E-state index in [2.05, 4.69) is 0 Å². The molecule has 6 heteroatoms. The van der Waals surface area contributed by atoms with E-state index in [0.29, 0.717) is 13.0 Å². The number of aliphatic hydroxyl groups excluding tert-OH is 1. The fraction of sp³-hybridized carbons (Fsp3) is 0.562. The van der Waals surface area contributed by atoms with Crippen LogP contribution in [0.5, 0.6) is 0 Å². The van der Waals surface area contributed by atoms with E-state index in [-0.39, 0.29) is 31.0 Å². The predicted molar refractivity (Wildman–Crippen MR) is 87.9 cm³/mol. The molecule has 2 rings (SSSR count). The van der Waals surface area contributed by atoms with Gasteiger partial charge in [-0.1, -0.05) is 30.3 Å². The minimum absolute atomic E-state index is 0. The molecule has 1 amide bonds. The van der Waals surface area contributed by atoms with Crippen LogP contribution >= 0.6 is 12.4 Å². The quantitative estimate of drug-likeness (QED) is 0.829. The number of benzene rings is 1. The molecule has 0 saturated carbocycles. The highest BCUT2D eigenvalue weighted by Crippen LogP contribution is 2.27. The van der Waals surface area contributed by atoms with Crippen LogP contribution < -0.4 is 5.73 Å². The molecule has 1 aliphatic rings. The van der Waals surface area contributed by atoms with Gasteiger partial charge in [0.2, 0.25) is 5.91 Å². The number of rotatable bonds is 6. The minimum atomic E-state index is -0.621. The topological polar surface area (TPSA) is 75.8 Å². The zero-order valence-electron chi connectivity index (χ0n) is 12.9. The van der Waals surface area contributed by atoms with Crippen LogP contribution in [-0.4, -0.2) is 48.3 Å². The molecule has 5 nitrogen and oxygen atoms in total. The second-order valence-electron chi connectivity index (χ2n) is 5.55. The van der Waals surface area contributed by atoms with Crippen molar-refractivity contribution in [2.45, 2.75) is 37.5 Å². The van der Waals surface area contributed by atoms with Crippen molar-refractivity contribution >= 4 is 18.3 Å². The Morgan fingerprint density at radius 2 is 2.14 bits per heavy atom. The van der Waals surface area contributed by atoms with Crippen molar-refractivity contribution < 1.29 is 14.6 Å². The van der Waals surface area contributed by atoms with Gasteiger partial charge >= 0.3 is 0 Å². The van der Waals surface area contributed by atoms with Crippen LogP contribution in [0.1, 0.15) is 30.9 Å². The van der Waals surface area contributed by atoms with Gasteiger partial charge in [0.05, 0.1) is 12.7 Å². The van der Waals surface area contributed by atoms with Crippen LogP contribution in [0.25, 0.3) is 0 Å². The van der Waals surface area contributed by atoms with Crippen LogP contribution in [0, 0.1) is 0 Å². The van der Waals surface area contributed by atoms with Gasteiger partial charge in [-0.15, -0.1) is 12.4 Å². The van der Waals surface area contributed by atoms with Crippen molar-refractivity contribution in [2.24, 2.45) is 5.73 Å². The van der Waals surface area contributed by atoms with Crippen LogP contribution in [0.2, 0.25) is 0 Å². The summed E-state index contributed by atoms with van der Waals surface area (Å²) in [5, 5.41) is 10.3. The van der Waals surface area contributed by atoms with Crippen LogP contribution in [0.4, 0.5) is 0 Å². The van der Waals surface area contributed by atoms with Crippen LogP contribution in [0.3, 0.4) is 0 Å². The molecule has 1 aromatic carbocycles. The molecule has 1 aliphatic heterocycles. The van der Waals surface area contributed by atoms with E-state index in [1.54, 1.807) is 4.90 Å². The van der Waals surface area contributed by atoms with Crippen molar-refractivity contribution in [3.8, 4) is 0 Å². The Labute approximate surface area is 137 Å². The van der Waals surface area contributed by atoms with Crippen molar-refractivity contribution in [1.82, 2.24) is 4.90 Å². The summed E-state index contributed by atoms with van der Waals surface area (Å²) in [6, 6.07) is 8.98. The number of carbonyl (C=O) groups is 1. The van der Waals surface area contributed by atoms with Crippen molar-refractivity contribution in [2.75, 3.05) is 20.3 Å². The molecule has 3 N–H and O–H groups in total. The average molecular weight is 329 g/mol. The number of likely N-dealkylation sites (tertiary alicyclic amines) is 1. The molecule has 0 aromatic heterocycles. The van der Waals surface area contributed by atoms with Crippen LogP contribution in [-0.2, 0) is 9.53 Å². The van der Waals surface area contributed by atoms with Crippen molar-refractivity contribution in [1.29, 1.82) is 0 Å². The Morgan fingerprint density at radius 1 is 1.45 bits per heavy atom. The molecule has 0 aliphatic carbocycles. The summed E-state index contributed by atoms with van der Waals surface area (Å²) in [7, 11) is 1.54. The lowest BCUT2D eigenvalue weighted by Crippen LogP contribution is -2.48. The van der Waals surface area contributed by atoms with Gasteiger partial charge in [-0.2, -0.15) is 0 Å². The Kier molecular flexibility index (Phi) is 7.82. The number of hydrogen-bond acceptors (Lipinski definition) is 4. The third-order valence-corrected chi connectivity index (χ3v) is 4.00. The van der Waals surface area contributed by atoms with E-state index in [4.69, 9.17) is 10.5 Å². The first-order valence-corrected chi connectivity index (χ1v) is 7.41. The molecule has 1 saturated heterocycles. The van der Waals surface area contributed by atoms with Gasteiger partial charge in [-0.25, -0.2) is 0 Å². The molecule has 1 heterocycles. The number of ether oxygens (including phenoxy) is 1. The van der Waals surface area contributed by atoms with Gasteiger partial charge < -0.3 is 20.5 Å². The fourth-order valence-corrected chi connectivity index (χ4v) is 2.90. The Bertz CT molecular complexity index is 458. The van der Waals surface area contributed by atoms with Crippen molar-refractivity contribution in [3.05, 3.63) is 35.9 Å². The van der Waals surface area contributed by atoms with Crippen molar-refractivity contribution in [3.63, 3.8) is 0 Å². The molecule has 0 bridgehead atoms. The maximum Gasteiger partial charge on any atom is 0.242 e. The molecular formula is C16H25ClN2O3. The first kappa shape index (κ1) is 18.9. The highest BCUT2D eigenvalue weighted by Gasteiger charge is 2.33. The molecule has 124 valence electrons. The van der Waals surface area contributed by atoms with Gasteiger partial charge in [0.15, 0.2) is 0 Å². The number of aliphatic hydroxyl groups is 1. The summed E-state index contributed by atoms with van der Waals surface area (Å²) >= 11 is 0. The maximum absolute atomic E-state index is 12.3. The summed E-state index contributed by atoms with van der Waals surface area (Å²) in [4.78, 5) is 14.1. The largest absolute Gasteiger partial charge is 0.388 e. The monoisotopic (exact) mass is 328 g/mol. The summed E-state index contributed by atoms with van der Waals surface area (Å²) in [5.74, 6) is -0.0837. The maximum atomic E-state index is 12.3. The Morgan fingerprint density at radius 3 is 2.77 bits per heavy atom. The number of carbonyl (C=O) groups excluding carboxylic acids is 1. The Balaban J connectivity index is 0.00000242. The van der Waals surface area contributed by atoms with Gasteiger partial charge in [-0.05, 0) is 24.8 Å². The van der Waals surface area contributed by atoms with Gasteiger partial charge in [-0.3, -0.25) is 4.79 Å². The van der Waals surface area contributed by atoms with Gasteiger partial charge in [0.25, 0.3) is 0 Å². The lowest BCUT2D eigenvalue weighted by Gasteiger charge is -2.28. The second-order valence-corrected chi connectivity index (χ2v) is 5.55. The first-order valence-electron chi connectivity index (χ1n) is 7.41. The number of nitrogens with two attached hydrogens (primary N) is 1. The van der Waals surface area contributed by atoms with Crippen LogP contribution in [0.15, 0.2) is 30.3 Å². The normalized spacial score (nSPS) is 20.3. The van der Waals surface area contributed by atoms with E-state index in [1.165, 1.54) is 7.11 Å². The number of halogens is 1. The van der Waals surface area contributed by atoms with E-state index < -0.39 is 12.1 Å². The molecule has 1 fully saturated rings. The highest BCUT2D eigenvalue weighted by atomic mass is 35.5. The van der Waals surface area contributed by atoms with Gasteiger partial charge in [0, 0.05) is 19.7 Å².